The summed E-state index contributed by atoms with van der Waals surface area (Å²) in [7, 11) is 1.67. The lowest BCUT2D eigenvalue weighted by molar-refractivity contribution is -0.119. The summed E-state index contributed by atoms with van der Waals surface area (Å²) < 4.78 is 1.06. The highest BCUT2D eigenvalue weighted by Crippen LogP contribution is 2.37. The lowest BCUT2D eigenvalue weighted by Gasteiger charge is -2.06. The zero-order valence-electron chi connectivity index (χ0n) is 13.3. The van der Waals surface area contributed by atoms with Crippen LogP contribution in [0.2, 0.25) is 5.02 Å². The van der Waals surface area contributed by atoms with E-state index in [0.717, 1.165) is 32.6 Å². The van der Waals surface area contributed by atoms with Crippen LogP contribution in [-0.2, 0) is 11.2 Å². The highest BCUT2D eigenvalue weighted by Gasteiger charge is 2.21. The molecule has 122 valence electrons. The Kier molecular flexibility index (Phi) is 5.22. The van der Waals surface area contributed by atoms with E-state index in [4.69, 9.17) is 11.6 Å². The maximum Gasteiger partial charge on any atom is 0.224 e. The molecule has 0 unspecified atom stereocenters. The lowest BCUT2D eigenvalue weighted by atomic mass is 10.0. The van der Waals surface area contributed by atoms with E-state index in [1.807, 2.05) is 30.3 Å². The van der Waals surface area contributed by atoms with Crippen LogP contribution in [-0.4, -0.2) is 13.0 Å². The normalized spacial score (nSPS) is 13.5. The topological polar surface area (TPSA) is 29.1 Å². The summed E-state index contributed by atoms with van der Waals surface area (Å²) in [6.07, 6.45) is 5.41. The van der Waals surface area contributed by atoms with E-state index in [2.05, 4.69) is 45.5 Å². The van der Waals surface area contributed by atoms with Gasteiger partial charge in [0, 0.05) is 16.5 Å². The van der Waals surface area contributed by atoms with Gasteiger partial charge >= 0.3 is 0 Å². The average Bonchev–Trinajstić information content (AvgIpc) is 2.91. The van der Waals surface area contributed by atoms with Crippen LogP contribution in [0.15, 0.2) is 58.6 Å². The Morgan fingerprint density at radius 1 is 1.21 bits per heavy atom. The lowest BCUT2D eigenvalue weighted by Crippen LogP contribution is -2.17. The largest absolute Gasteiger partial charge is 0.359 e. The van der Waals surface area contributed by atoms with Gasteiger partial charge in [0.1, 0.15) is 0 Å². The molecular formula is C20H17BrClNO. The Morgan fingerprint density at radius 3 is 2.67 bits per heavy atom. The van der Waals surface area contributed by atoms with E-state index in [9.17, 15) is 4.79 Å². The standard InChI is InChI=1S/C20H17BrClNO/c1-23-20(24)12-19-14(5-2-13-3-7-17(22)8-4-13)10-15-11-16(21)6-9-18(15)19/h2-9,11H,10,12H2,1H3,(H,23,24)/b5-2+. The molecule has 1 aliphatic rings. The number of hydrogen-bond acceptors (Lipinski definition) is 1. The van der Waals surface area contributed by atoms with Crippen molar-refractivity contribution in [1.29, 1.82) is 0 Å². The van der Waals surface area contributed by atoms with Crippen molar-refractivity contribution in [3.63, 3.8) is 0 Å². The maximum absolute atomic E-state index is 11.9. The van der Waals surface area contributed by atoms with E-state index in [0.29, 0.717) is 6.42 Å². The Balaban J connectivity index is 1.94. The van der Waals surface area contributed by atoms with E-state index in [1.165, 1.54) is 11.1 Å². The number of allylic oxidation sites excluding steroid dienone is 2. The number of halogens is 2. The predicted molar refractivity (Wildman–Crippen MR) is 104 cm³/mol. The highest BCUT2D eigenvalue weighted by molar-refractivity contribution is 9.10. The minimum absolute atomic E-state index is 0.0261. The molecule has 2 nitrogen and oxygen atoms in total. The first kappa shape index (κ1) is 17.0. The molecule has 0 saturated carbocycles. The van der Waals surface area contributed by atoms with Crippen LogP contribution < -0.4 is 5.32 Å². The molecule has 0 spiro atoms. The number of hydrogen-bond donors (Lipinski definition) is 1. The van der Waals surface area contributed by atoms with E-state index in [1.54, 1.807) is 7.05 Å². The highest BCUT2D eigenvalue weighted by atomic mass is 79.9. The Bertz CT molecular complexity index is 837. The van der Waals surface area contributed by atoms with Crippen LogP contribution in [0.3, 0.4) is 0 Å². The molecule has 0 radical (unpaired) electrons. The fourth-order valence-electron chi connectivity index (χ4n) is 2.88. The van der Waals surface area contributed by atoms with Gasteiger partial charge in [-0.05, 0) is 58.5 Å². The van der Waals surface area contributed by atoms with Gasteiger partial charge in [0.05, 0.1) is 6.42 Å². The van der Waals surface area contributed by atoms with Gasteiger partial charge in [0.2, 0.25) is 5.91 Å². The maximum atomic E-state index is 11.9. The number of amides is 1. The predicted octanol–water partition coefficient (Wildman–Crippen LogP) is 5.26. The molecular weight excluding hydrogens is 386 g/mol. The molecule has 0 aliphatic heterocycles. The number of benzene rings is 2. The number of nitrogens with one attached hydrogen (secondary N) is 1. The molecule has 1 amide bonds. The molecule has 1 N–H and O–H groups in total. The molecule has 24 heavy (non-hydrogen) atoms. The SMILES string of the molecule is CNC(=O)CC1=C(/C=C/c2ccc(Cl)cc2)Cc2cc(Br)ccc21. The molecule has 0 heterocycles. The first-order chi connectivity index (χ1) is 11.6. The number of rotatable bonds is 4. The Labute approximate surface area is 155 Å². The van der Waals surface area contributed by atoms with E-state index >= 15 is 0 Å². The van der Waals surface area contributed by atoms with Gasteiger partial charge in [-0.15, -0.1) is 0 Å². The van der Waals surface area contributed by atoms with Crippen molar-refractivity contribution in [2.24, 2.45) is 0 Å². The van der Waals surface area contributed by atoms with Gasteiger partial charge < -0.3 is 5.32 Å². The third kappa shape index (κ3) is 3.80. The van der Waals surface area contributed by atoms with Gasteiger partial charge in [-0.2, -0.15) is 0 Å². The van der Waals surface area contributed by atoms with Gasteiger partial charge in [-0.3, -0.25) is 4.79 Å². The molecule has 2 aromatic rings. The van der Waals surface area contributed by atoms with Crippen LogP contribution in [0.25, 0.3) is 11.6 Å². The van der Waals surface area contributed by atoms with Crippen molar-refractivity contribution in [2.45, 2.75) is 12.8 Å². The molecule has 0 aromatic heterocycles. The van der Waals surface area contributed by atoms with Crippen molar-refractivity contribution in [1.82, 2.24) is 5.32 Å². The molecule has 0 atom stereocenters. The van der Waals surface area contributed by atoms with E-state index in [-0.39, 0.29) is 5.91 Å². The zero-order chi connectivity index (χ0) is 17.1. The third-order valence-corrected chi connectivity index (χ3v) is 4.87. The summed E-state index contributed by atoms with van der Waals surface area (Å²) in [5.74, 6) is 0.0261. The van der Waals surface area contributed by atoms with Gasteiger partial charge in [-0.25, -0.2) is 0 Å². The average molecular weight is 403 g/mol. The molecule has 0 bridgehead atoms. The molecule has 0 fully saturated rings. The Morgan fingerprint density at radius 2 is 1.96 bits per heavy atom. The fourth-order valence-corrected chi connectivity index (χ4v) is 3.41. The van der Waals surface area contributed by atoms with Crippen molar-refractivity contribution >= 4 is 45.1 Å². The zero-order valence-corrected chi connectivity index (χ0v) is 15.6. The summed E-state index contributed by atoms with van der Waals surface area (Å²) in [5, 5.41) is 3.44. The molecule has 4 heteroatoms. The molecule has 2 aromatic carbocycles. The third-order valence-electron chi connectivity index (χ3n) is 4.12. The van der Waals surface area contributed by atoms with Gasteiger partial charge in [-0.1, -0.05) is 57.9 Å². The van der Waals surface area contributed by atoms with Crippen molar-refractivity contribution in [3.05, 3.63) is 80.3 Å². The molecule has 3 rings (SSSR count). The second-order valence-corrected chi connectivity index (χ2v) is 7.07. The van der Waals surface area contributed by atoms with Crippen LogP contribution >= 0.6 is 27.5 Å². The second kappa shape index (κ2) is 7.37. The summed E-state index contributed by atoms with van der Waals surface area (Å²) in [4.78, 5) is 11.9. The van der Waals surface area contributed by atoms with Crippen molar-refractivity contribution < 1.29 is 4.79 Å². The quantitative estimate of drug-likeness (QED) is 0.742. The van der Waals surface area contributed by atoms with E-state index < -0.39 is 0 Å². The molecule has 0 saturated heterocycles. The first-order valence-electron chi connectivity index (χ1n) is 7.72. The monoisotopic (exact) mass is 401 g/mol. The number of carbonyl (C=O) groups excluding carboxylic acids is 1. The van der Waals surface area contributed by atoms with Gasteiger partial charge in [0.25, 0.3) is 0 Å². The first-order valence-corrected chi connectivity index (χ1v) is 8.89. The minimum atomic E-state index is 0.0261. The van der Waals surface area contributed by atoms with Crippen LogP contribution in [0, 0.1) is 0 Å². The van der Waals surface area contributed by atoms with Crippen molar-refractivity contribution in [3.8, 4) is 0 Å². The van der Waals surface area contributed by atoms with Crippen LogP contribution in [0.5, 0.6) is 0 Å². The van der Waals surface area contributed by atoms with Gasteiger partial charge in [0.15, 0.2) is 0 Å². The summed E-state index contributed by atoms with van der Waals surface area (Å²) in [5.41, 5.74) is 5.78. The van der Waals surface area contributed by atoms with Crippen LogP contribution in [0.1, 0.15) is 23.1 Å². The van der Waals surface area contributed by atoms with Crippen molar-refractivity contribution in [2.75, 3.05) is 7.05 Å². The number of fused-ring (bicyclic) bond motifs is 1. The fraction of sp³-hybridized carbons (Fsp3) is 0.150. The number of carbonyl (C=O) groups is 1. The van der Waals surface area contributed by atoms with Crippen LogP contribution in [0.4, 0.5) is 0 Å². The summed E-state index contributed by atoms with van der Waals surface area (Å²) in [6.45, 7) is 0. The smallest absolute Gasteiger partial charge is 0.224 e. The Hall–Kier alpha value is -1.84. The molecule has 1 aliphatic carbocycles. The second-order valence-electron chi connectivity index (χ2n) is 5.72. The summed E-state index contributed by atoms with van der Waals surface area (Å²) in [6, 6.07) is 14.0. The summed E-state index contributed by atoms with van der Waals surface area (Å²) >= 11 is 9.45. The minimum Gasteiger partial charge on any atom is -0.359 e.